The SMILES string of the molecule is O=C(COc1ccc(Cl)cc1Cl)N1CCN(C(=O)C2CN(CC(F)F)C2)CC1. The van der Waals surface area contributed by atoms with Crippen LogP contribution in [0.3, 0.4) is 0 Å². The van der Waals surface area contributed by atoms with E-state index in [0.29, 0.717) is 55.1 Å². The van der Waals surface area contributed by atoms with Gasteiger partial charge in [0.15, 0.2) is 6.61 Å². The maximum absolute atomic E-state index is 12.4. The summed E-state index contributed by atoms with van der Waals surface area (Å²) in [5, 5.41) is 0.811. The van der Waals surface area contributed by atoms with Gasteiger partial charge < -0.3 is 14.5 Å². The normalized spacial score (nSPS) is 18.3. The summed E-state index contributed by atoms with van der Waals surface area (Å²) in [6.07, 6.45) is -2.38. The molecule has 2 heterocycles. The molecule has 0 bridgehead atoms. The fourth-order valence-electron chi connectivity index (χ4n) is 3.33. The zero-order chi connectivity index (χ0) is 20.3. The van der Waals surface area contributed by atoms with Crippen molar-refractivity contribution in [3.8, 4) is 5.75 Å². The molecule has 0 unspecified atom stereocenters. The third kappa shape index (κ3) is 5.24. The van der Waals surface area contributed by atoms with Gasteiger partial charge in [0.05, 0.1) is 17.5 Å². The van der Waals surface area contributed by atoms with Crippen molar-refractivity contribution in [1.29, 1.82) is 0 Å². The van der Waals surface area contributed by atoms with E-state index in [4.69, 9.17) is 27.9 Å². The molecule has 0 radical (unpaired) electrons. The van der Waals surface area contributed by atoms with E-state index in [9.17, 15) is 18.4 Å². The molecule has 0 saturated carbocycles. The number of ether oxygens (including phenoxy) is 1. The summed E-state index contributed by atoms with van der Waals surface area (Å²) in [6, 6.07) is 4.77. The monoisotopic (exact) mass is 435 g/mol. The highest BCUT2D eigenvalue weighted by Gasteiger charge is 2.37. The van der Waals surface area contributed by atoms with Gasteiger partial charge in [-0.15, -0.1) is 0 Å². The van der Waals surface area contributed by atoms with E-state index in [1.165, 1.54) is 6.07 Å². The van der Waals surface area contributed by atoms with Crippen molar-refractivity contribution in [3.63, 3.8) is 0 Å². The van der Waals surface area contributed by atoms with Gasteiger partial charge in [0.2, 0.25) is 5.91 Å². The molecule has 1 aromatic rings. The van der Waals surface area contributed by atoms with E-state index >= 15 is 0 Å². The minimum absolute atomic E-state index is 0.0261. The minimum Gasteiger partial charge on any atom is -0.482 e. The highest BCUT2D eigenvalue weighted by molar-refractivity contribution is 6.35. The summed E-state index contributed by atoms with van der Waals surface area (Å²) in [6.45, 7) is 1.99. The molecule has 0 aliphatic carbocycles. The molecule has 2 aliphatic rings. The molecule has 1 aromatic carbocycles. The minimum atomic E-state index is -2.38. The van der Waals surface area contributed by atoms with Crippen LogP contribution >= 0.6 is 23.2 Å². The second kappa shape index (κ2) is 9.24. The second-order valence-corrected chi connectivity index (χ2v) is 7.72. The van der Waals surface area contributed by atoms with E-state index in [0.717, 1.165) is 0 Å². The van der Waals surface area contributed by atoms with Gasteiger partial charge >= 0.3 is 0 Å². The number of nitrogens with zero attached hydrogens (tertiary/aromatic N) is 3. The van der Waals surface area contributed by atoms with Crippen LogP contribution in [0, 0.1) is 5.92 Å². The summed E-state index contributed by atoms with van der Waals surface area (Å²) >= 11 is 11.8. The number of amides is 2. The largest absolute Gasteiger partial charge is 0.482 e. The highest BCUT2D eigenvalue weighted by atomic mass is 35.5. The molecule has 28 heavy (non-hydrogen) atoms. The second-order valence-electron chi connectivity index (χ2n) is 6.88. The molecule has 3 rings (SSSR count). The van der Waals surface area contributed by atoms with Crippen LogP contribution in [0.15, 0.2) is 18.2 Å². The summed E-state index contributed by atoms with van der Waals surface area (Å²) in [7, 11) is 0. The topological polar surface area (TPSA) is 53.1 Å². The zero-order valence-corrected chi connectivity index (χ0v) is 16.6. The molecule has 2 amide bonds. The van der Waals surface area contributed by atoms with Crippen molar-refractivity contribution >= 4 is 35.0 Å². The number of rotatable bonds is 6. The molecule has 2 saturated heterocycles. The first-order valence-corrected chi connectivity index (χ1v) is 9.74. The summed E-state index contributed by atoms with van der Waals surface area (Å²) in [5.74, 6) is -0.0605. The predicted octanol–water partition coefficient (Wildman–Crippen LogP) is 2.24. The molecule has 6 nitrogen and oxygen atoms in total. The Morgan fingerprint density at radius 3 is 2.36 bits per heavy atom. The molecule has 0 atom stereocenters. The first kappa shape index (κ1) is 21.1. The molecule has 10 heteroatoms. The number of alkyl halides is 2. The van der Waals surface area contributed by atoms with E-state index in [1.54, 1.807) is 26.8 Å². The number of carbonyl (C=O) groups is 2. The van der Waals surface area contributed by atoms with Gasteiger partial charge in [-0.25, -0.2) is 8.78 Å². The van der Waals surface area contributed by atoms with Crippen LogP contribution in [0.1, 0.15) is 0 Å². The lowest BCUT2D eigenvalue weighted by Crippen LogP contribution is -2.59. The Kier molecular flexibility index (Phi) is 6.95. The molecular weight excluding hydrogens is 415 g/mol. The van der Waals surface area contributed by atoms with Crippen molar-refractivity contribution in [2.24, 2.45) is 5.92 Å². The van der Waals surface area contributed by atoms with Crippen molar-refractivity contribution < 1.29 is 23.1 Å². The third-order valence-electron chi connectivity index (χ3n) is 4.89. The van der Waals surface area contributed by atoms with Crippen LogP contribution in [0.5, 0.6) is 5.75 Å². The van der Waals surface area contributed by atoms with Gasteiger partial charge in [0.1, 0.15) is 5.75 Å². The third-order valence-corrected chi connectivity index (χ3v) is 5.42. The number of halogens is 4. The van der Waals surface area contributed by atoms with Crippen LogP contribution in [-0.4, -0.2) is 85.4 Å². The average Bonchev–Trinajstić information content (AvgIpc) is 2.63. The molecule has 2 fully saturated rings. The van der Waals surface area contributed by atoms with E-state index < -0.39 is 6.43 Å². The number of carbonyl (C=O) groups excluding carboxylic acids is 2. The molecule has 0 spiro atoms. The van der Waals surface area contributed by atoms with Crippen LogP contribution in [0.2, 0.25) is 10.0 Å². The molecule has 2 aliphatic heterocycles. The van der Waals surface area contributed by atoms with Crippen LogP contribution in [-0.2, 0) is 9.59 Å². The number of likely N-dealkylation sites (tertiary alicyclic amines) is 1. The Morgan fingerprint density at radius 1 is 1.11 bits per heavy atom. The smallest absolute Gasteiger partial charge is 0.260 e. The summed E-state index contributed by atoms with van der Waals surface area (Å²) in [5.41, 5.74) is 0. The van der Waals surface area contributed by atoms with Gasteiger partial charge in [-0.05, 0) is 18.2 Å². The Hall–Kier alpha value is -1.64. The molecule has 0 aromatic heterocycles. The number of hydrogen-bond acceptors (Lipinski definition) is 4. The average molecular weight is 436 g/mol. The Morgan fingerprint density at radius 2 is 1.75 bits per heavy atom. The first-order valence-electron chi connectivity index (χ1n) is 8.98. The lowest BCUT2D eigenvalue weighted by atomic mass is 9.98. The zero-order valence-electron chi connectivity index (χ0n) is 15.1. The van der Waals surface area contributed by atoms with Crippen LogP contribution in [0.25, 0.3) is 0 Å². The van der Waals surface area contributed by atoms with Crippen molar-refractivity contribution in [1.82, 2.24) is 14.7 Å². The van der Waals surface area contributed by atoms with Gasteiger partial charge in [0, 0.05) is 44.3 Å². The molecule has 154 valence electrons. The van der Waals surface area contributed by atoms with Crippen molar-refractivity contribution in [3.05, 3.63) is 28.2 Å². The Labute approximate surface area is 171 Å². The number of piperazine rings is 1. The van der Waals surface area contributed by atoms with Gasteiger partial charge in [-0.2, -0.15) is 0 Å². The van der Waals surface area contributed by atoms with Gasteiger partial charge in [-0.1, -0.05) is 23.2 Å². The molecular formula is C18H21Cl2F2N3O3. The summed E-state index contributed by atoms with van der Waals surface area (Å²) in [4.78, 5) is 29.7. The maximum Gasteiger partial charge on any atom is 0.260 e. The standard InChI is InChI=1S/C18H21Cl2F2N3O3/c19-13-1-2-15(14(20)7-13)28-11-17(26)24-3-5-25(6-4-24)18(27)12-8-23(9-12)10-16(21)22/h1-2,7,12,16H,3-6,8-11H2. The maximum atomic E-state index is 12.4. The van der Waals surface area contributed by atoms with Gasteiger partial charge in [0.25, 0.3) is 12.3 Å². The van der Waals surface area contributed by atoms with Gasteiger partial charge in [-0.3, -0.25) is 14.5 Å². The fourth-order valence-corrected chi connectivity index (χ4v) is 3.79. The summed E-state index contributed by atoms with van der Waals surface area (Å²) < 4.78 is 30.1. The van der Waals surface area contributed by atoms with Crippen LogP contribution in [0.4, 0.5) is 8.78 Å². The lowest BCUT2D eigenvalue weighted by molar-refractivity contribution is -0.147. The predicted molar refractivity (Wildman–Crippen MR) is 101 cm³/mol. The number of benzene rings is 1. The molecule has 0 N–H and O–H groups in total. The van der Waals surface area contributed by atoms with Crippen molar-refractivity contribution in [2.45, 2.75) is 6.43 Å². The Balaban J connectivity index is 1.40. The first-order chi connectivity index (χ1) is 13.3. The Bertz CT molecular complexity index is 724. The lowest BCUT2D eigenvalue weighted by Gasteiger charge is -2.42. The highest BCUT2D eigenvalue weighted by Crippen LogP contribution is 2.27. The van der Waals surface area contributed by atoms with Crippen LogP contribution < -0.4 is 4.74 Å². The van der Waals surface area contributed by atoms with E-state index in [-0.39, 0.29) is 30.9 Å². The fraction of sp³-hybridized carbons (Fsp3) is 0.556. The van der Waals surface area contributed by atoms with Crippen molar-refractivity contribution in [2.75, 3.05) is 52.4 Å². The number of hydrogen-bond donors (Lipinski definition) is 0. The van der Waals surface area contributed by atoms with E-state index in [2.05, 4.69) is 0 Å². The quantitative estimate of drug-likeness (QED) is 0.687. The van der Waals surface area contributed by atoms with E-state index in [1.807, 2.05) is 0 Å².